The molecule has 4 aromatic carbocycles. The Bertz CT molecular complexity index is 2010. The van der Waals surface area contributed by atoms with Crippen LogP contribution in [0.4, 0.5) is 11.4 Å². The Morgan fingerprint density at radius 1 is 0.650 bits per heavy atom. The van der Waals surface area contributed by atoms with Crippen LogP contribution in [0.5, 0.6) is 0 Å². The van der Waals surface area contributed by atoms with Gasteiger partial charge in [-0.3, -0.25) is 0 Å². The number of aromatic nitrogens is 1. The Hall–Kier alpha value is -4.04. The maximum absolute atomic E-state index is 2.63. The number of fused-ring (bicyclic) bond motifs is 2. The minimum Gasteiger partial charge on any atom is -0.314 e. The number of nitrogens with zero attached hydrogens (tertiary/aromatic N) is 2. The molecule has 1 aromatic heterocycles. The van der Waals surface area contributed by atoms with Crippen molar-refractivity contribution in [2.75, 3.05) is 4.90 Å². The standard InChI is InChI=1S/C38H34N2/c1-37(2)28-14-9-13-26-27-21-25(39-32-17-7-5-11-23(32)19-20-24-12-6-8-18-33(24)39)22-31-35(27)40(34(26)28)36-29(37)15-10-16-30(36)38(31,3)4/h5-7,9-17,21-22H,8,18-20H2,1-4H3. The first-order valence-corrected chi connectivity index (χ1v) is 14.9. The highest BCUT2D eigenvalue weighted by Crippen LogP contribution is 2.56. The van der Waals surface area contributed by atoms with Gasteiger partial charge in [0.2, 0.25) is 0 Å². The molecule has 2 heteroatoms. The molecule has 0 N–H and O–H groups in total. The highest BCUT2D eigenvalue weighted by atomic mass is 15.2. The lowest BCUT2D eigenvalue weighted by molar-refractivity contribution is 0.593. The third-order valence-corrected chi connectivity index (χ3v) is 10.5. The van der Waals surface area contributed by atoms with Crippen molar-refractivity contribution in [3.63, 3.8) is 0 Å². The molecule has 4 heterocycles. The Morgan fingerprint density at radius 3 is 2.23 bits per heavy atom. The van der Waals surface area contributed by atoms with E-state index < -0.39 is 0 Å². The molecule has 0 amide bonds. The predicted octanol–water partition coefficient (Wildman–Crippen LogP) is 9.75. The van der Waals surface area contributed by atoms with Crippen molar-refractivity contribution >= 4 is 33.2 Å². The number of para-hydroxylation sites is 3. The van der Waals surface area contributed by atoms with Gasteiger partial charge in [-0.25, -0.2) is 0 Å². The fraction of sp³-hybridized carbons (Fsp3) is 0.263. The number of anilines is 2. The van der Waals surface area contributed by atoms with Crippen LogP contribution in [-0.2, 0) is 17.3 Å². The molecular formula is C38H34N2. The predicted molar refractivity (Wildman–Crippen MR) is 167 cm³/mol. The number of rotatable bonds is 1. The highest BCUT2D eigenvalue weighted by Gasteiger charge is 2.43. The van der Waals surface area contributed by atoms with Crippen LogP contribution in [0.1, 0.15) is 74.8 Å². The maximum Gasteiger partial charge on any atom is 0.0583 e. The summed E-state index contributed by atoms with van der Waals surface area (Å²) < 4.78 is 2.63. The zero-order valence-electron chi connectivity index (χ0n) is 23.8. The number of allylic oxidation sites excluding steroid dienone is 4. The Morgan fingerprint density at radius 2 is 1.38 bits per heavy atom. The molecule has 5 aromatic rings. The van der Waals surface area contributed by atoms with Gasteiger partial charge in [0.1, 0.15) is 0 Å². The van der Waals surface area contributed by atoms with E-state index in [0.29, 0.717) is 0 Å². The van der Waals surface area contributed by atoms with Gasteiger partial charge < -0.3 is 9.47 Å². The third-order valence-electron chi connectivity index (χ3n) is 10.5. The summed E-state index contributed by atoms with van der Waals surface area (Å²) in [5.74, 6) is 0. The molecular weight excluding hydrogens is 484 g/mol. The van der Waals surface area contributed by atoms with Crippen LogP contribution in [0.2, 0.25) is 0 Å². The van der Waals surface area contributed by atoms with E-state index >= 15 is 0 Å². The van der Waals surface area contributed by atoms with E-state index in [9.17, 15) is 0 Å². The molecule has 0 saturated carbocycles. The molecule has 0 bridgehead atoms. The Kier molecular flexibility index (Phi) is 4.19. The highest BCUT2D eigenvalue weighted by molar-refractivity contribution is 6.15. The number of aryl methyl sites for hydroxylation is 1. The van der Waals surface area contributed by atoms with E-state index in [1.54, 1.807) is 0 Å². The van der Waals surface area contributed by atoms with Crippen molar-refractivity contribution in [1.29, 1.82) is 0 Å². The fourth-order valence-corrected chi connectivity index (χ4v) is 8.43. The molecule has 0 fully saturated rings. The molecule has 0 atom stereocenters. The lowest BCUT2D eigenvalue weighted by atomic mass is 9.68. The normalized spacial score (nSPS) is 19.2. The van der Waals surface area contributed by atoms with Gasteiger partial charge in [0.15, 0.2) is 0 Å². The van der Waals surface area contributed by atoms with Crippen molar-refractivity contribution < 1.29 is 0 Å². The van der Waals surface area contributed by atoms with E-state index in [4.69, 9.17) is 0 Å². The molecule has 0 radical (unpaired) electrons. The molecule has 4 aliphatic rings. The molecule has 3 aliphatic heterocycles. The molecule has 196 valence electrons. The van der Waals surface area contributed by atoms with Crippen molar-refractivity contribution in [1.82, 2.24) is 4.57 Å². The first-order chi connectivity index (χ1) is 19.4. The van der Waals surface area contributed by atoms with Gasteiger partial charge >= 0.3 is 0 Å². The van der Waals surface area contributed by atoms with Gasteiger partial charge in [0.25, 0.3) is 0 Å². The lowest BCUT2D eigenvalue weighted by Gasteiger charge is -2.42. The van der Waals surface area contributed by atoms with E-state index in [0.717, 1.165) is 25.7 Å². The van der Waals surface area contributed by atoms with Crippen LogP contribution in [0, 0.1) is 0 Å². The van der Waals surface area contributed by atoms with Gasteiger partial charge in [-0.2, -0.15) is 0 Å². The van der Waals surface area contributed by atoms with Gasteiger partial charge in [-0.05, 0) is 77.3 Å². The second-order valence-corrected chi connectivity index (χ2v) is 13.3. The monoisotopic (exact) mass is 518 g/mol. The smallest absolute Gasteiger partial charge is 0.0583 e. The van der Waals surface area contributed by atoms with Gasteiger partial charge in [-0.1, -0.05) is 94.4 Å². The van der Waals surface area contributed by atoms with E-state index in [1.807, 2.05) is 0 Å². The SMILES string of the molecule is CC1(C)c2cccc3c2-n2c4c1cccc4c1cc(N4C5=C(C=CCC5)CCc5ccccc54)cc(c12)C3(C)C. The average Bonchev–Trinajstić information content (AvgIpc) is 3.19. The summed E-state index contributed by atoms with van der Waals surface area (Å²) in [6.45, 7) is 9.70. The molecule has 0 spiro atoms. The molecule has 9 rings (SSSR count). The van der Waals surface area contributed by atoms with Crippen LogP contribution in [-0.4, -0.2) is 4.57 Å². The zero-order valence-corrected chi connectivity index (χ0v) is 23.8. The third kappa shape index (κ3) is 2.61. The fourth-order valence-electron chi connectivity index (χ4n) is 8.43. The van der Waals surface area contributed by atoms with Crippen LogP contribution in [0.15, 0.2) is 96.2 Å². The Labute approximate surface area is 236 Å². The van der Waals surface area contributed by atoms with Crippen LogP contribution in [0.25, 0.3) is 27.5 Å². The summed E-state index contributed by atoms with van der Waals surface area (Å²) in [6.07, 6.45) is 9.14. The van der Waals surface area contributed by atoms with E-state index in [-0.39, 0.29) is 10.8 Å². The van der Waals surface area contributed by atoms with Gasteiger partial charge in [-0.15, -0.1) is 0 Å². The summed E-state index contributed by atoms with van der Waals surface area (Å²) in [6, 6.07) is 28.1. The molecule has 0 saturated heterocycles. The molecule has 40 heavy (non-hydrogen) atoms. The van der Waals surface area contributed by atoms with Crippen molar-refractivity contribution in [3.8, 4) is 5.69 Å². The first kappa shape index (κ1) is 22.7. The van der Waals surface area contributed by atoms with Crippen LogP contribution < -0.4 is 4.90 Å². The minimum atomic E-state index is -0.118. The second-order valence-electron chi connectivity index (χ2n) is 13.3. The quantitative estimate of drug-likeness (QED) is 0.214. The maximum atomic E-state index is 2.63. The second kappa shape index (κ2) is 7.37. The van der Waals surface area contributed by atoms with Crippen LogP contribution in [0.3, 0.4) is 0 Å². The topological polar surface area (TPSA) is 8.17 Å². The van der Waals surface area contributed by atoms with E-state index in [1.165, 1.54) is 78.0 Å². The van der Waals surface area contributed by atoms with Crippen molar-refractivity contribution in [3.05, 3.63) is 124 Å². The summed E-state index contributed by atoms with van der Waals surface area (Å²) in [4.78, 5) is 2.62. The zero-order chi connectivity index (χ0) is 27.0. The minimum absolute atomic E-state index is 0.0521. The molecule has 2 nitrogen and oxygen atoms in total. The Balaban J connectivity index is 1.45. The average molecular weight is 519 g/mol. The first-order valence-electron chi connectivity index (χ1n) is 14.9. The lowest BCUT2D eigenvalue weighted by Crippen LogP contribution is -2.33. The van der Waals surface area contributed by atoms with Gasteiger partial charge in [0.05, 0.1) is 16.7 Å². The van der Waals surface area contributed by atoms with E-state index in [2.05, 4.69) is 122 Å². The van der Waals surface area contributed by atoms with Crippen LogP contribution >= 0.6 is 0 Å². The largest absolute Gasteiger partial charge is 0.314 e. The van der Waals surface area contributed by atoms with Crippen molar-refractivity contribution in [2.24, 2.45) is 0 Å². The summed E-state index contributed by atoms with van der Waals surface area (Å²) >= 11 is 0. The number of hydrogen-bond donors (Lipinski definition) is 0. The number of benzene rings is 4. The molecule has 1 aliphatic carbocycles. The number of hydrogen-bond acceptors (Lipinski definition) is 1. The summed E-state index contributed by atoms with van der Waals surface area (Å²) in [5, 5.41) is 2.76. The van der Waals surface area contributed by atoms with Gasteiger partial charge in [0, 0.05) is 38.7 Å². The summed E-state index contributed by atoms with van der Waals surface area (Å²) in [5.41, 5.74) is 16.8. The summed E-state index contributed by atoms with van der Waals surface area (Å²) in [7, 11) is 0. The molecule has 0 unspecified atom stereocenters. The van der Waals surface area contributed by atoms with Crippen molar-refractivity contribution in [2.45, 2.75) is 64.2 Å².